The topological polar surface area (TPSA) is 15.3 Å². The Kier molecular flexibility index (Phi) is 5.62. The second kappa shape index (κ2) is 7.25. The molecule has 2 aromatic rings. The molecule has 0 aliphatic heterocycles. The molecule has 2 rings (SSSR count). The second-order valence-corrected chi connectivity index (χ2v) is 6.59. The van der Waals surface area contributed by atoms with E-state index >= 15 is 0 Å². The highest BCUT2D eigenvalue weighted by Crippen LogP contribution is 2.20. The Hall–Kier alpha value is -1.10. The Morgan fingerprint density at radius 3 is 2.52 bits per heavy atom. The minimum Gasteiger partial charge on any atom is -0.348 e. The summed E-state index contributed by atoms with van der Waals surface area (Å²) in [6.45, 7) is 2.73. The van der Waals surface area contributed by atoms with Crippen LogP contribution < -0.4 is 5.32 Å². The Morgan fingerprint density at radius 2 is 1.90 bits per heavy atom. The predicted molar refractivity (Wildman–Crippen MR) is 98.0 cm³/mol. The number of benzene rings is 2. The van der Waals surface area contributed by atoms with Crippen molar-refractivity contribution in [2.75, 3.05) is 12.4 Å². The number of nitrogens with zero attached hydrogens (tertiary/aromatic N) is 1. The molecule has 21 heavy (non-hydrogen) atoms. The van der Waals surface area contributed by atoms with Crippen LogP contribution in [-0.4, -0.2) is 17.1 Å². The summed E-state index contributed by atoms with van der Waals surface area (Å²) in [6.07, 6.45) is 0. The molecule has 0 saturated heterocycles. The van der Waals surface area contributed by atoms with Crippen molar-refractivity contribution < 1.29 is 0 Å². The summed E-state index contributed by atoms with van der Waals surface area (Å²) in [5, 5.41) is 4.60. The number of aryl methyl sites for hydroxylation is 1. The SMILES string of the molecule is Cc1ccc(NC(=S)N(C)Cc2ccc(Br)cc2)cc1Cl. The maximum Gasteiger partial charge on any atom is 0.173 e. The molecule has 0 aliphatic rings. The predicted octanol–water partition coefficient (Wildman–Crippen LogP) is 5.24. The smallest absolute Gasteiger partial charge is 0.173 e. The Balaban J connectivity index is 1.98. The summed E-state index contributed by atoms with van der Waals surface area (Å²) in [5.74, 6) is 0. The number of nitrogens with one attached hydrogen (secondary N) is 1. The third kappa shape index (κ3) is 4.70. The fourth-order valence-electron chi connectivity index (χ4n) is 1.82. The monoisotopic (exact) mass is 382 g/mol. The summed E-state index contributed by atoms with van der Waals surface area (Å²) in [6, 6.07) is 14.0. The van der Waals surface area contributed by atoms with Crippen LogP contribution in [0.2, 0.25) is 5.02 Å². The van der Waals surface area contributed by atoms with Gasteiger partial charge >= 0.3 is 0 Å². The summed E-state index contributed by atoms with van der Waals surface area (Å²) < 4.78 is 1.07. The van der Waals surface area contributed by atoms with E-state index in [1.165, 1.54) is 5.56 Å². The fraction of sp³-hybridized carbons (Fsp3) is 0.188. The fourth-order valence-corrected chi connectivity index (χ4v) is 2.45. The molecule has 0 radical (unpaired) electrons. The second-order valence-electron chi connectivity index (χ2n) is 4.88. The van der Waals surface area contributed by atoms with Gasteiger partial charge in [0.1, 0.15) is 0 Å². The largest absolute Gasteiger partial charge is 0.348 e. The third-order valence-corrected chi connectivity index (χ3v) is 4.45. The van der Waals surface area contributed by atoms with E-state index in [-0.39, 0.29) is 0 Å². The van der Waals surface area contributed by atoms with Crippen LogP contribution in [0.5, 0.6) is 0 Å². The van der Waals surface area contributed by atoms with Gasteiger partial charge in [-0.1, -0.05) is 45.7 Å². The lowest BCUT2D eigenvalue weighted by Crippen LogP contribution is -2.30. The van der Waals surface area contributed by atoms with Gasteiger partial charge in [-0.3, -0.25) is 0 Å². The molecule has 1 N–H and O–H groups in total. The van der Waals surface area contributed by atoms with Gasteiger partial charge in [-0.2, -0.15) is 0 Å². The van der Waals surface area contributed by atoms with Crippen molar-refractivity contribution >= 4 is 50.5 Å². The molecular weight excluding hydrogens is 368 g/mol. The van der Waals surface area contributed by atoms with Gasteiger partial charge in [0.05, 0.1) is 0 Å². The highest BCUT2D eigenvalue weighted by atomic mass is 79.9. The minimum absolute atomic E-state index is 0.665. The zero-order chi connectivity index (χ0) is 15.4. The van der Waals surface area contributed by atoms with E-state index < -0.39 is 0 Å². The number of halogens is 2. The van der Waals surface area contributed by atoms with E-state index in [0.29, 0.717) is 5.11 Å². The number of anilines is 1. The van der Waals surface area contributed by atoms with Crippen molar-refractivity contribution in [1.29, 1.82) is 0 Å². The van der Waals surface area contributed by atoms with Gasteiger partial charge in [0.15, 0.2) is 5.11 Å². The summed E-state index contributed by atoms with van der Waals surface area (Å²) in [5.41, 5.74) is 3.15. The van der Waals surface area contributed by atoms with Crippen LogP contribution >= 0.6 is 39.7 Å². The van der Waals surface area contributed by atoms with Crippen molar-refractivity contribution in [3.63, 3.8) is 0 Å². The summed E-state index contributed by atoms with van der Waals surface area (Å²) >= 11 is 15.0. The standard InChI is InChI=1S/C16H16BrClN2S/c1-11-3-8-14(9-15(11)18)19-16(21)20(2)10-12-4-6-13(17)7-5-12/h3-9H,10H2,1-2H3,(H,19,21). The average Bonchev–Trinajstić information content (AvgIpc) is 2.45. The van der Waals surface area contributed by atoms with Gasteiger partial charge in [-0.05, 0) is 54.5 Å². The number of hydrogen-bond donors (Lipinski definition) is 1. The molecule has 2 nitrogen and oxygen atoms in total. The molecule has 0 atom stereocenters. The molecule has 0 aliphatic carbocycles. The molecule has 0 heterocycles. The molecule has 5 heteroatoms. The Bertz CT molecular complexity index is 643. The maximum absolute atomic E-state index is 6.12. The van der Waals surface area contributed by atoms with Gasteiger partial charge in [-0.15, -0.1) is 0 Å². The number of thiocarbonyl (C=S) groups is 1. The van der Waals surface area contributed by atoms with Crippen LogP contribution in [0.15, 0.2) is 46.9 Å². The first-order valence-electron chi connectivity index (χ1n) is 6.48. The first-order valence-corrected chi connectivity index (χ1v) is 8.06. The zero-order valence-corrected chi connectivity index (χ0v) is 15.0. The van der Waals surface area contributed by atoms with Crippen LogP contribution in [-0.2, 0) is 6.54 Å². The number of hydrogen-bond acceptors (Lipinski definition) is 1. The molecule has 0 fully saturated rings. The molecule has 0 aromatic heterocycles. The van der Waals surface area contributed by atoms with E-state index in [2.05, 4.69) is 33.4 Å². The molecular formula is C16H16BrClN2S. The van der Waals surface area contributed by atoms with Gasteiger partial charge in [-0.25, -0.2) is 0 Å². The van der Waals surface area contributed by atoms with Crippen LogP contribution in [0.25, 0.3) is 0 Å². The lowest BCUT2D eigenvalue weighted by Gasteiger charge is -2.21. The van der Waals surface area contributed by atoms with Crippen molar-refractivity contribution in [2.45, 2.75) is 13.5 Å². The molecule has 0 spiro atoms. The molecule has 2 aromatic carbocycles. The Labute approximate surface area is 144 Å². The lowest BCUT2D eigenvalue weighted by atomic mass is 10.2. The van der Waals surface area contributed by atoms with Crippen molar-refractivity contribution in [3.05, 3.63) is 63.1 Å². The van der Waals surface area contributed by atoms with E-state index in [9.17, 15) is 0 Å². The van der Waals surface area contributed by atoms with E-state index in [0.717, 1.165) is 27.3 Å². The van der Waals surface area contributed by atoms with E-state index in [4.69, 9.17) is 23.8 Å². The summed E-state index contributed by atoms with van der Waals surface area (Å²) in [7, 11) is 1.97. The van der Waals surface area contributed by atoms with Crippen molar-refractivity contribution in [2.24, 2.45) is 0 Å². The van der Waals surface area contributed by atoms with Gasteiger partial charge in [0.2, 0.25) is 0 Å². The van der Waals surface area contributed by atoms with Crippen LogP contribution in [0, 0.1) is 6.92 Å². The molecule has 110 valence electrons. The normalized spacial score (nSPS) is 10.3. The zero-order valence-electron chi connectivity index (χ0n) is 11.9. The van der Waals surface area contributed by atoms with Gasteiger partial charge < -0.3 is 10.2 Å². The maximum atomic E-state index is 6.12. The molecule has 0 unspecified atom stereocenters. The highest BCUT2D eigenvalue weighted by Gasteiger charge is 2.06. The van der Waals surface area contributed by atoms with E-state index in [1.807, 2.05) is 49.2 Å². The molecule has 0 saturated carbocycles. The van der Waals surface area contributed by atoms with Crippen molar-refractivity contribution in [1.82, 2.24) is 4.90 Å². The Morgan fingerprint density at radius 1 is 1.24 bits per heavy atom. The van der Waals surface area contributed by atoms with Crippen LogP contribution in [0.4, 0.5) is 5.69 Å². The molecule has 0 bridgehead atoms. The first-order chi connectivity index (χ1) is 9.95. The van der Waals surface area contributed by atoms with Crippen molar-refractivity contribution in [3.8, 4) is 0 Å². The minimum atomic E-state index is 0.665. The van der Waals surface area contributed by atoms with E-state index in [1.54, 1.807) is 0 Å². The highest BCUT2D eigenvalue weighted by molar-refractivity contribution is 9.10. The number of rotatable bonds is 3. The average molecular weight is 384 g/mol. The third-order valence-electron chi connectivity index (χ3n) is 3.10. The van der Waals surface area contributed by atoms with Crippen LogP contribution in [0.1, 0.15) is 11.1 Å². The van der Waals surface area contributed by atoms with Crippen LogP contribution in [0.3, 0.4) is 0 Å². The molecule has 0 amide bonds. The quantitative estimate of drug-likeness (QED) is 0.730. The van der Waals surface area contributed by atoms with Gasteiger partial charge in [0.25, 0.3) is 0 Å². The first kappa shape index (κ1) is 16.3. The lowest BCUT2D eigenvalue weighted by molar-refractivity contribution is 0.508. The summed E-state index contributed by atoms with van der Waals surface area (Å²) in [4.78, 5) is 1.99. The van der Waals surface area contributed by atoms with Gasteiger partial charge in [0, 0.05) is 28.8 Å².